The average Bonchev–Trinajstić information content (AvgIpc) is 2.70. The van der Waals surface area contributed by atoms with E-state index in [0.717, 1.165) is 0 Å². The normalized spacial score (nSPS) is 11.2. The van der Waals surface area contributed by atoms with Crippen molar-refractivity contribution in [2.45, 2.75) is 0 Å². The predicted octanol–water partition coefficient (Wildman–Crippen LogP) is 5.31. The highest BCUT2D eigenvalue weighted by atomic mass is 35.5. The van der Waals surface area contributed by atoms with Gasteiger partial charge in [0.25, 0.3) is 0 Å². The van der Waals surface area contributed by atoms with Crippen LogP contribution in [0.25, 0.3) is 0 Å². The van der Waals surface area contributed by atoms with Crippen molar-refractivity contribution in [3.8, 4) is 11.5 Å². The van der Waals surface area contributed by atoms with Gasteiger partial charge in [-0.05, 0) is 48.5 Å². The Labute approximate surface area is 175 Å². The molecule has 2 aromatic carbocycles. The molecule has 1 heterocycles. The fraction of sp³-hybridized carbons (Fsp3) is 0. The predicted molar refractivity (Wildman–Crippen MR) is 108 cm³/mol. The molecule has 0 aliphatic carbocycles. The number of carbonyl (C=O) groups is 1. The van der Waals surface area contributed by atoms with Crippen molar-refractivity contribution < 1.29 is 14.4 Å². The minimum atomic E-state index is -0.651. The molecule has 0 radical (unpaired) electrons. The van der Waals surface area contributed by atoms with Gasteiger partial charge in [0.15, 0.2) is 11.6 Å². The first-order valence-corrected chi connectivity index (χ1v) is 8.95. The van der Waals surface area contributed by atoms with Gasteiger partial charge in [0.05, 0.1) is 5.56 Å². The van der Waals surface area contributed by atoms with Gasteiger partial charge in [-0.1, -0.05) is 40.0 Å². The summed E-state index contributed by atoms with van der Waals surface area (Å²) in [5.74, 6) is 0.143. The maximum atomic E-state index is 11.9. The number of rotatable bonds is 5. The lowest BCUT2D eigenvalue weighted by Crippen LogP contribution is -2.15. The number of ether oxygens (including phenoxy) is 1. The standard InChI is InChI=1S/C19H12Cl3N3O3/c20-13-5-1-12(2-6-13)19(26)28-25-18(23)11-3-7-14(8-4-11)27-17-15(21)9-24-10-16(17)22/h1-10H,(H2,23,25). The van der Waals surface area contributed by atoms with Crippen LogP contribution in [0.2, 0.25) is 15.1 Å². The highest BCUT2D eigenvalue weighted by molar-refractivity contribution is 6.36. The fourth-order valence-corrected chi connectivity index (χ4v) is 2.66. The molecule has 0 spiro atoms. The number of carbonyl (C=O) groups excluding carboxylic acids is 1. The van der Waals surface area contributed by atoms with Crippen molar-refractivity contribution in [1.29, 1.82) is 0 Å². The van der Waals surface area contributed by atoms with E-state index < -0.39 is 5.97 Å². The van der Waals surface area contributed by atoms with Gasteiger partial charge in [0.2, 0.25) is 0 Å². The molecule has 0 aliphatic rings. The zero-order chi connectivity index (χ0) is 20.1. The molecule has 2 N–H and O–H groups in total. The lowest BCUT2D eigenvalue weighted by atomic mass is 10.2. The highest BCUT2D eigenvalue weighted by Gasteiger charge is 2.10. The molecular formula is C19H12Cl3N3O3. The Morgan fingerprint density at radius 2 is 1.46 bits per heavy atom. The number of halogens is 3. The Kier molecular flexibility index (Phi) is 6.36. The second kappa shape index (κ2) is 8.93. The molecule has 0 saturated heterocycles. The second-order valence-electron chi connectivity index (χ2n) is 5.42. The van der Waals surface area contributed by atoms with E-state index in [1.54, 1.807) is 36.4 Å². The average molecular weight is 437 g/mol. The molecule has 0 bridgehead atoms. The van der Waals surface area contributed by atoms with Gasteiger partial charge >= 0.3 is 5.97 Å². The maximum Gasteiger partial charge on any atom is 0.365 e. The van der Waals surface area contributed by atoms with Crippen LogP contribution in [0.1, 0.15) is 15.9 Å². The minimum Gasteiger partial charge on any atom is -0.454 e. The molecular weight excluding hydrogens is 425 g/mol. The van der Waals surface area contributed by atoms with E-state index in [0.29, 0.717) is 27.6 Å². The Morgan fingerprint density at radius 3 is 2.07 bits per heavy atom. The molecule has 3 rings (SSSR count). The van der Waals surface area contributed by atoms with Crippen LogP contribution >= 0.6 is 34.8 Å². The third-order valence-corrected chi connectivity index (χ3v) is 4.28. The van der Waals surface area contributed by atoms with Crippen molar-refractivity contribution in [2.75, 3.05) is 0 Å². The summed E-state index contributed by atoms with van der Waals surface area (Å²) >= 11 is 17.8. The number of amidine groups is 1. The van der Waals surface area contributed by atoms with Crippen molar-refractivity contribution in [2.24, 2.45) is 10.9 Å². The summed E-state index contributed by atoms with van der Waals surface area (Å²) in [5, 5.41) is 4.73. The second-order valence-corrected chi connectivity index (χ2v) is 6.67. The van der Waals surface area contributed by atoms with E-state index >= 15 is 0 Å². The van der Waals surface area contributed by atoms with Crippen LogP contribution in [0.5, 0.6) is 11.5 Å². The zero-order valence-electron chi connectivity index (χ0n) is 14.1. The summed E-state index contributed by atoms with van der Waals surface area (Å²) in [6.45, 7) is 0. The smallest absolute Gasteiger partial charge is 0.365 e. The molecule has 1 aromatic heterocycles. The van der Waals surface area contributed by atoms with Crippen LogP contribution < -0.4 is 10.5 Å². The maximum absolute atomic E-state index is 11.9. The Hall–Kier alpha value is -2.80. The molecule has 142 valence electrons. The molecule has 9 heteroatoms. The van der Waals surface area contributed by atoms with Crippen LogP contribution in [-0.4, -0.2) is 16.8 Å². The van der Waals surface area contributed by atoms with Crippen molar-refractivity contribution in [3.63, 3.8) is 0 Å². The molecule has 3 aromatic rings. The molecule has 28 heavy (non-hydrogen) atoms. The summed E-state index contributed by atoms with van der Waals surface area (Å²) in [6, 6.07) is 12.8. The number of hydrogen-bond donors (Lipinski definition) is 1. The van der Waals surface area contributed by atoms with E-state index in [4.69, 9.17) is 50.1 Å². The molecule has 0 aliphatic heterocycles. The number of nitrogens with zero attached hydrogens (tertiary/aromatic N) is 2. The van der Waals surface area contributed by atoms with Crippen LogP contribution in [0.15, 0.2) is 66.1 Å². The van der Waals surface area contributed by atoms with Crippen LogP contribution in [0, 0.1) is 0 Å². The summed E-state index contributed by atoms with van der Waals surface area (Å²) in [5.41, 5.74) is 6.69. The lowest BCUT2D eigenvalue weighted by molar-refractivity contribution is 0.0516. The zero-order valence-corrected chi connectivity index (χ0v) is 16.4. The molecule has 0 amide bonds. The van der Waals surface area contributed by atoms with Crippen LogP contribution in [0.4, 0.5) is 0 Å². The van der Waals surface area contributed by atoms with E-state index in [-0.39, 0.29) is 15.9 Å². The molecule has 0 atom stereocenters. The van der Waals surface area contributed by atoms with E-state index in [9.17, 15) is 4.79 Å². The molecule has 0 unspecified atom stereocenters. The van der Waals surface area contributed by atoms with Gasteiger partial charge in [0.1, 0.15) is 15.8 Å². The van der Waals surface area contributed by atoms with E-state index in [2.05, 4.69) is 10.1 Å². The van der Waals surface area contributed by atoms with Gasteiger partial charge in [-0.15, -0.1) is 0 Å². The van der Waals surface area contributed by atoms with Gasteiger partial charge in [0, 0.05) is 23.0 Å². The Balaban J connectivity index is 1.67. The SMILES string of the molecule is N/C(=N\OC(=O)c1ccc(Cl)cc1)c1ccc(Oc2c(Cl)cncc2Cl)cc1. The number of pyridine rings is 1. The van der Waals surface area contributed by atoms with Crippen molar-refractivity contribution in [1.82, 2.24) is 4.98 Å². The third-order valence-electron chi connectivity index (χ3n) is 3.49. The van der Waals surface area contributed by atoms with Gasteiger partial charge in [-0.2, -0.15) is 0 Å². The monoisotopic (exact) mass is 435 g/mol. The number of oxime groups is 1. The van der Waals surface area contributed by atoms with Crippen molar-refractivity contribution in [3.05, 3.63) is 87.1 Å². The lowest BCUT2D eigenvalue weighted by Gasteiger charge is -2.09. The summed E-state index contributed by atoms with van der Waals surface area (Å²) in [7, 11) is 0. The first-order chi connectivity index (χ1) is 13.4. The number of hydrogen-bond acceptors (Lipinski definition) is 5. The van der Waals surface area contributed by atoms with E-state index in [1.165, 1.54) is 24.5 Å². The van der Waals surface area contributed by atoms with Crippen molar-refractivity contribution >= 4 is 46.6 Å². The van der Waals surface area contributed by atoms with Gasteiger partial charge in [-0.25, -0.2) is 4.79 Å². The number of benzene rings is 2. The highest BCUT2D eigenvalue weighted by Crippen LogP contribution is 2.35. The summed E-state index contributed by atoms with van der Waals surface area (Å²) in [4.78, 5) is 20.6. The Morgan fingerprint density at radius 1 is 0.893 bits per heavy atom. The number of nitrogens with two attached hydrogens (primary N) is 1. The fourth-order valence-electron chi connectivity index (χ4n) is 2.09. The molecule has 0 saturated carbocycles. The van der Waals surface area contributed by atoms with Crippen LogP contribution in [-0.2, 0) is 4.84 Å². The van der Waals surface area contributed by atoms with Gasteiger partial charge in [-0.3, -0.25) is 4.98 Å². The quantitative estimate of drug-likeness (QED) is 0.253. The molecule has 0 fully saturated rings. The summed E-state index contributed by atoms with van der Waals surface area (Å²) in [6.07, 6.45) is 2.85. The van der Waals surface area contributed by atoms with Gasteiger partial charge < -0.3 is 15.3 Å². The first-order valence-electron chi connectivity index (χ1n) is 7.81. The minimum absolute atomic E-state index is 0.0221. The Bertz CT molecular complexity index is 1000. The number of aromatic nitrogens is 1. The summed E-state index contributed by atoms with van der Waals surface area (Å²) < 4.78 is 5.66. The topological polar surface area (TPSA) is 86.8 Å². The first kappa shape index (κ1) is 19.9. The van der Waals surface area contributed by atoms with E-state index in [1.807, 2.05) is 0 Å². The third kappa shape index (κ3) is 4.92. The molecule has 6 nitrogen and oxygen atoms in total. The van der Waals surface area contributed by atoms with Crippen LogP contribution in [0.3, 0.4) is 0 Å². The largest absolute Gasteiger partial charge is 0.454 e.